The molecule has 4 amide bonds. The quantitative estimate of drug-likeness (QED) is 0.756. The zero-order valence-electron chi connectivity index (χ0n) is 16.8. The Hall–Kier alpha value is -2.90. The van der Waals surface area contributed by atoms with Crippen LogP contribution >= 0.6 is 0 Å². The first-order valence-electron chi connectivity index (χ1n) is 10.2. The summed E-state index contributed by atoms with van der Waals surface area (Å²) in [5, 5.41) is 5.64. The highest BCUT2D eigenvalue weighted by Gasteiger charge is 2.30. The predicted molar refractivity (Wildman–Crippen MR) is 109 cm³/mol. The first kappa shape index (κ1) is 20.8. The van der Waals surface area contributed by atoms with Gasteiger partial charge in [0.1, 0.15) is 6.54 Å². The van der Waals surface area contributed by atoms with Gasteiger partial charge >= 0.3 is 0 Å². The Labute approximate surface area is 170 Å². The highest BCUT2D eigenvalue weighted by Crippen LogP contribution is 2.29. The highest BCUT2D eigenvalue weighted by atomic mass is 16.2. The van der Waals surface area contributed by atoms with Crippen LogP contribution in [0.3, 0.4) is 0 Å². The zero-order valence-corrected chi connectivity index (χ0v) is 16.8. The molecule has 2 aliphatic heterocycles. The molecule has 0 bridgehead atoms. The summed E-state index contributed by atoms with van der Waals surface area (Å²) >= 11 is 0. The average Bonchev–Trinajstić information content (AvgIpc) is 2.74. The maximum Gasteiger partial charge on any atom is 0.244 e. The van der Waals surface area contributed by atoms with Crippen molar-refractivity contribution in [3.63, 3.8) is 0 Å². The van der Waals surface area contributed by atoms with Crippen molar-refractivity contribution in [1.29, 1.82) is 0 Å². The van der Waals surface area contributed by atoms with E-state index in [1.807, 2.05) is 6.92 Å². The van der Waals surface area contributed by atoms with Crippen LogP contribution < -0.4 is 15.5 Å². The molecule has 29 heavy (non-hydrogen) atoms. The van der Waals surface area contributed by atoms with E-state index in [0.717, 1.165) is 19.3 Å². The maximum atomic E-state index is 12.7. The summed E-state index contributed by atoms with van der Waals surface area (Å²) in [6.45, 7) is 3.60. The molecule has 2 heterocycles. The standard InChI is InChI=1S/C21H28N4O4/c1-2-11-22-21(29)15-6-5-12-24(13-15)19(27)9-10-20(28)25-14-18(26)23-16-7-3-4-8-17(16)25/h3-4,7-8,15H,2,5-6,9-14H2,1H3,(H,22,29)(H,23,26). The van der Waals surface area contributed by atoms with Crippen LogP contribution in [0, 0.1) is 5.92 Å². The van der Waals surface area contributed by atoms with E-state index in [0.29, 0.717) is 31.0 Å². The Morgan fingerprint density at radius 2 is 1.93 bits per heavy atom. The molecule has 3 rings (SSSR count). The van der Waals surface area contributed by atoms with Crippen molar-refractivity contribution in [3.05, 3.63) is 24.3 Å². The molecule has 1 fully saturated rings. The van der Waals surface area contributed by atoms with Gasteiger partial charge in [0.2, 0.25) is 23.6 Å². The molecule has 0 aromatic heterocycles. The molecule has 0 radical (unpaired) electrons. The highest BCUT2D eigenvalue weighted by molar-refractivity contribution is 6.10. The van der Waals surface area contributed by atoms with Crippen molar-refractivity contribution < 1.29 is 19.2 Å². The van der Waals surface area contributed by atoms with E-state index in [-0.39, 0.29) is 48.9 Å². The third kappa shape index (κ3) is 5.13. The van der Waals surface area contributed by atoms with Gasteiger partial charge in [-0.1, -0.05) is 19.1 Å². The van der Waals surface area contributed by atoms with Crippen LogP contribution in [0.25, 0.3) is 0 Å². The molecule has 0 saturated carbocycles. The number of amides is 4. The lowest BCUT2D eigenvalue weighted by Gasteiger charge is -2.32. The number of rotatable bonds is 6. The first-order valence-corrected chi connectivity index (χ1v) is 10.2. The molecule has 0 spiro atoms. The summed E-state index contributed by atoms with van der Waals surface area (Å²) in [5.41, 5.74) is 1.25. The molecule has 1 saturated heterocycles. The molecule has 1 atom stereocenters. The Kier molecular flexibility index (Phi) is 6.85. The Bertz CT molecular complexity index is 795. The molecule has 2 aliphatic rings. The lowest BCUT2D eigenvalue weighted by atomic mass is 9.96. The molecule has 0 aliphatic carbocycles. The summed E-state index contributed by atoms with van der Waals surface area (Å²) < 4.78 is 0. The normalized spacial score (nSPS) is 18.7. The summed E-state index contributed by atoms with van der Waals surface area (Å²) in [7, 11) is 0. The zero-order chi connectivity index (χ0) is 20.8. The second kappa shape index (κ2) is 9.54. The number of carbonyl (C=O) groups excluding carboxylic acids is 4. The minimum absolute atomic E-state index is 0.00337. The summed E-state index contributed by atoms with van der Waals surface area (Å²) in [5.74, 6) is -0.819. The van der Waals surface area contributed by atoms with Crippen LogP contribution in [0.5, 0.6) is 0 Å². The van der Waals surface area contributed by atoms with Gasteiger partial charge in [0.05, 0.1) is 17.3 Å². The molecule has 156 valence electrons. The van der Waals surface area contributed by atoms with Gasteiger partial charge in [0, 0.05) is 32.5 Å². The summed E-state index contributed by atoms with van der Waals surface area (Å²) in [6, 6.07) is 7.12. The fourth-order valence-corrected chi connectivity index (χ4v) is 3.77. The van der Waals surface area contributed by atoms with Crippen molar-refractivity contribution in [3.8, 4) is 0 Å². The largest absolute Gasteiger partial charge is 0.356 e. The monoisotopic (exact) mass is 400 g/mol. The summed E-state index contributed by atoms with van der Waals surface area (Å²) in [4.78, 5) is 52.5. The second-order valence-electron chi connectivity index (χ2n) is 7.52. The Morgan fingerprint density at radius 3 is 2.72 bits per heavy atom. The van der Waals surface area contributed by atoms with Gasteiger partial charge in [-0.05, 0) is 31.4 Å². The average molecular weight is 400 g/mol. The van der Waals surface area contributed by atoms with E-state index in [1.165, 1.54) is 4.90 Å². The van der Waals surface area contributed by atoms with Gasteiger partial charge in [-0.2, -0.15) is 0 Å². The number of anilines is 2. The number of para-hydroxylation sites is 2. The van der Waals surface area contributed by atoms with Crippen LogP contribution in [0.15, 0.2) is 24.3 Å². The molecule has 1 aromatic carbocycles. The van der Waals surface area contributed by atoms with E-state index in [4.69, 9.17) is 0 Å². The van der Waals surface area contributed by atoms with E-state index >= 15 is 0 Å². The number of nitrogens with zero attached hydrogens (tertiary/aromatic N) is 2. The Morgan fingerprint density at radius 1 is 1.17 bits per heavy atom. The predicted octanol–water partition coefficient (Wildman–Crippen LogP) is 1.52. The van der Waals surface area contributed by atoms with Gasteiger partial charge < -0.3 is 20.4 Å². The van der Waals surface area contributed by atoms with E-state index in [1.54, 1.807) is 29.2 Å². The maximum absolute atomic E-state index is 12.7. The van der Waals surface area contributed by atoms with Crippen molar-refractivity contribution in [1.82, 2.24) is 10.2 Å². The molecule has 8 heteroatoms. The minimum atomic E-state index is -0.255. The van der Waals surface area contributed by atoms with Gasteiger partial charge in [0.15, 0.2) is 0 Å². The number of fused-ring (bicyclic) bond motifs is 1. The molecule has 1 aromatic rings. The number of hydrogen-bond acceptors (Lipinski definition) is 4. The van der Waals surface area contributed by atoms with Crippen LogP contribution in [-0.2, 0) is 19.2 Å². The number of benzene rings is 1. The lowest BCUT2D eigenvalue weighted by Crippen LogP contribution is -2.46. The third-order valence-electron chi connectivity index (χ3n) is 5.32. The number of carbonyl (C=O) groups is 4. The SMILES string of the molecule is CCCNC(=O)C1CCCN(C(=O)CCC(=O)N2CC(=O)Nc3ccccc32)C1. The summed E-state index contributed by atoms with van der Waals surface area (Å²) in [6.07, 6.45) is 2.54. The van der Waals surface area contributed by atoms with Crippen molar-refractivity contribution in [2.24, 2.45) is 5.92 Å². The van der Waals surface area contributed by atoms with E-state index in [9.17, 15) is 19.2 Å². The molecular formula is C21H28N4O4. The van der Waals surface area contributed by atoms with Crippen molar-refractivity contribution in [2.75, 3.05) is 36.4 Å². The van der Waals surface area contributed by atoms with E-state index in [2.05, 4.69) is 10.6 Å². The smallest absolute Gasteiger partial charge is 0.244 e. The minimum Gasteiger partial charge on any atom is -0.356 e. The second-order valence-corrected chi connectivity index (χ2v) is 7.52. The number of piperidine rings is 1. The third-order valence-corrected chi connectivity index (χ3v) is 5.32. The van der Waals surface area contributed by atoms with Crippen LogP contribution in [-0.4, -0.2) is 54.7 Å². The van der Waals surface area contributed by atoms with Crippen LogP contribution in [0.2, 0.25) is 0 Å². The van der Waals surface area contributed by atoms with E-state index < -0.39 is 0 Å². The Balaban J connectivity index is 1.54. The first-order chi connectivity index (χ1) is 14.0. The molecule has 1 unspecified atom stereocenters. The molecule has 8 nitrogen and oxygen atoms in total. The molecule has 2 N–H and O–H groups in total. The van der Waals surface area contributed by atoms with Gasteiger partial charge in [-0.25, -0.2) is 0 Å². The molecular weight excluding hydrogens is 372 g/mol. The fraction of sp³-hybridized carbons (Fsp3) is 0.524. The van der Waals surface area contributed by atoms with Crippen LogP contribution in [0.1, 0.15) is 39.0 Å². The van der Waals surface area contributed by atoms with Gasteiger partial charge in [-0.15, -0.1) is 0 Å². The van der Waals surface area contributed by atoms with Gasteiger partial charge in [0.25, 0.3) is 0 Å². The van der Waals surface area contributed by atoms with Gasteiger partial charge in [-0.3, -0.25) is 19.2 Å². The van der Waals surface area contributed by atoms with Crippen LogP contribution in [0.4, 0.5) is 11.4 Å². The van der Waals surface area contributed by atoms with Crippen molar-refractivity contribution in [2.45, 2.75) is 39.0 Å². The lowest BCUT2D eigenvalue weighted by molar-refractivity contribution is -0.137. The van der Waals surface area contributed by atoms with Crippen molar-refractivity contribution >= 4 is 35.0 Å². The number of nitrogens with one attached hydrogen (secondary N) is 2. The number of hydrogen-bond donors (Lipinski definition) is 2. The fourth-order valence-electron chi connectivity index (χ4n) is 3.77. The topological polar surface area (TPSA) is 98.8 Å². The number of likely N-dealkylation sites (tertiary alicyclic amines) is 1.